The Hall–Kier alpha value is -3.41. The van der Waals surface area contributed by atoms with Crippen LogP contribution in [0.3, 0.4) is 0 Å². The number of ketones is 1. The van der Waals surface area contributed by atoms with Crippen molar-refractivity contribution in [1.29, 1.82) is 0 Å². The lowest BCUT2D eigenvalue weighted by Gasteiger charge is -2.36. The second-order valence-electron chi connectivity index (χ2n) is 8.53. The molecule has 4 rings (SSSR count). The number of benzene rings is 1. The van der Waals surface area contributed by atoms with Crippen LogP contribution in [0.2, 0.25) is 0 Å². The number of nitrogens with one attached hydrogen (secondary N) is 1. The van der Waals surface area contributed by atoms with Gasteiger partial charge in [-0.1, -0.05) is 12.1 Å². The molecule has 1 N–H and O–H groups in total. The van der Waals surface area contributed by atoms with Crippen LogP contribution < -0.4 is 10.1 Å². The molecule has 32 heavy (non-hydrogen) atoms. The maximum atomic E-state index is 13.5. The molecule has 0 saturated carbocycles. The zero-order valence-electron chi connectivity index (χ0n) is 18.8. The van der Waals surface area contributed by atoms with Gasteiger partial charge in [-0.15, -0.1) is 0 Å². The van der Waals surface area contributed by atoms with E-state index >= 15 is 0 Å². The number of methoxy groups -OCH3 is 1. The molecule has 2 heterocycles. The molecule has 0 fully saturated rings. The average Bonchev–Trinajstić information content (AvgIpc) is 2.78. The Balaban J connectivity index is 1.74. The van der Waals surface area contributed by atoms with Gasteiger partial charge in [-0.25, -0.2) is 4.79 Å². The Morgan fingerprint density at radius 2 is 1.75 bits per heavy atom. The summed E-state index contributed by atoms with van der Waals surface area (Å²) in [4.78, 5) is 30.7. The van der Waals surface area contributed by atoms with Crippen molar-refractivity contribution in [3.63, 3.8) is 0 Å². The first-order valence-corrected chi connectivity index (χ1v) is 10.9. The number of esters is 1. The highest BCUT2D eigenvalue weighted by atomic mass is 16.5. The lowest BCUT2D eigenvalue weighted by Crippen LogP contribution is -2.36. The molecule has 6 heteroatoms. The zero-order chi connectivity index (χ0) is 22.8. The van der Waals surface area contributed by atoms with Gasteiger partial charge in [-0.2, -0.15) is 0 Å². The first-order chi connectivity index (χ1) is 15.4. The predicted octanol–water partition coefficient (Wildman–Crippen LogP) is 4.40. The Bertz CT molecular complexity index is 1080. The van der Waals surface area contributed by atoms with Crippen molar-refractivity contribution in [1.82, 2.24) is 10.3 Å². The fourth-order valence-electron chi connectivity index (χ4n) is 4.59. The number of hydrogen-bond acceptors (Lipinski definition) is 6. The van der Waals surface area contributed by atoms with Gasteiger partial charge >= 0.3 is 5.97 Å². The number of allylic oxidation sites excluding steroid dienone is 3. The van der Waals surface area contributed by atoms with Crippen molar-refractivity contribution in [2.24, 2.45) is 0 Å². The van der Waals surface area contributed by atoms with E-state index in [9.17, 15) is 9.59 Å². The van der Waals surface area contributed by atoms with Crippen LogP contribution in [-0.2, 0) is 14.3 Å². The van der Waals surface area contributed by atoms with Gasteiger partial charge in [-0.05, 0) is 68.5 Å². The van der Waals surface area contributed by atoms with E-state index in [1.165, 1.54) is 0 Å². The van der Waals surface area contributed by atoms with Crippen molar-refractivity contribution in [2.75, 3.05) is 7.11 Å². The first-order valence-electron chi connectivity index (χ1n) is 10.9. The van der Waals surface area contributed by atoms with Gasteiger partial charge in [0.1, 0.15) is 5.75 Å². The Kier molecular flexibility index (Phi) is 6.12. The number of dihydropyridines is 1. The fraction of sp³-hybridized carbons (Fsp3) is 0.346. The number of aromatic nitrogens is 1. The summed E-state index contributed by atoms with van der Waals surface area (Å²) in [6.45, 7) is 5.51. The van der Waals surface area contributed by atoms with Crippen LogP contribution >= 0.6 is 0 Å². The number of pyridine rings is 1. The van der Waals surface area contributed by atoms with Crippen LogP contribution in [0.4, 0.5) is 0 Å². The van der Waals surface area contributed by atoms with E-state index in [-0.39, 0.29) is 17.8 Å². The number of nitrogens with zero attached hydrogens (tertiary/aromatic N) is 1. The van der Waals surface area contributed by atoms with E-state index in [0.29, 0.717) is 24.0 Å². The summed E-state index contributed by atoms with van der Waals surface area (Å²) < 4.78 is 10.8. The first kappa shape index (κ1) is 21.8. The van der Waals surface area contributed by atoms with Gasteiger partial charge in [0.25, 0.3) is 0 Å². The molecule has 0 radical (unpaired) electrons. The van der Waals surface area contributed by atoms with Crippen molar-refractivity contribution in [3.05, 3.63) is 82.5 Å². The SMILES string of the molecule is COc1ccc(C2CC(=O)C3=C(C2)NC(C)=C(C(=O)OC(C)C)C3c2ccncc2)cc1. The summed E-state index contributed by atoms with van der Waals surface area (Å²) in [6.07, 6.45) is 4.20. The number of hydrogen-bond donors (Lipinski definition) is 1. The Morgan fingerprint density at radius 1 is 1.06 bits per heavy atom. The van der Waals surface area contributed by atoms with Crippen LogP contribution in [-0.4, -0.2) is 30.0 Å². The molecule has 166 valence electrons. The lowest BCUT2D eigenvalue weighted by molar-refractivity contribution is -0.143. The average molecular weight is 433 g/mol. The van der Waals surface area contributed by atoms with Gasteiger partial charge in [0.15, 0.2) is 5.78 Å². The lowest BCUT2D eigenvalue weighted by atomic mass is 9.72. The molecule has 1 aromatic carbocycles. The minimum atomic E-state index is -0.468. The number of ether oxygens (including phenoxy) is 2. The highest BCUT2D eigenvalue weighted by molar-refractivity contribution is 6.04. The molecule has 2 atom stereocenters. The van der Waals surface area contributed by atoms with Gasteiger partial charge in [0.05, 0.1) is 18.8 Å². The normalized spacial score (nSPS) is 20.7. The van der Waals surface area contributed by atoms with Crippen molar-refractivity contribution in [3.8, 4) is 5.75 Å². The maximum absolute atomic E-state index is 13.5. The maximum Gasteiger partial charge on any atom is 0.337 e. The van der Waals surface area contributed by atoms with E-state index in [4.69, 9.17) is 9.47 Å². The molecular weight excluding hydrogens is 404 g/mol. The summed E-state index contributed by atoms with van der Waals surface area (Å²) in [5, 5.41) is 3.37. The summed E-state index contributed by atoms with van der Waals surface area (Å²) in [5.41, 5.74) is 4.70. The van der Waals surface area contributed by atoms with Crippen LogP contribution in [0.15, 0.2) is 71.3 Å². The summed E-state index contributed by atoms with van der Waals surface area (Å²) in [7, 11) is 1.64. The van der Waals surface area contributed by atoms with Gasteiger partial charge in [0.2, 0.25) is 0 Å². The van der Waals surface area contributed by atoms with Gasteiger partial charge in [0, 0.05) is 41.7 Å². The van der Waals surface area contributed by atoms with Crippen LogP contribution in [0.5, 0.6) is 5.75 Å². The molecule has 1 aliphatic heterocycles. The molecule has 2 unspecified atom stereocenters. The minimum absolute atomic E-state index is 0.0451. The second-order valence-corrected chi connectivity index (χ2v) is 8.53. The quantitative estimate of drug-likeness (QED) is 0.706. The Labute approximate surface area is 188 Å². The molecule has 2 aromatic rings. The number of carbonyl (C=O) groups is 2. The largest absolute Gasteiger partial charge is 0.497 e. The van der Waals surface area contributed by atoms with Crippen LogP contribution in [0, 0.1) is 0 Å². The van der Waals surface area contributed by atoms with E-state index in [2.05, 4.69) is 10.3 Å². The van der Waals surface area contributed by atoms with E-state index in [0.717, 1.165) is 28.3 Å². The summed E-state index contributed by atoms with van der Waals surface area (Å²) in [5.74, 6) is 0.0307. The molecule has 6 nitrogen and oxygen atoms in total. The highest BCUT2D eigenvalue weighted by Gasteiger charge is 2.41. The summed E-state index contributed by atoms with van der Waals surface area (Å²) >= 11 is 0. The summed E-state index contributed by atoms with van der Waals surface area (Å²) in [6, 6.07) is 11.6. The standard InChI is InChI=1S/C26H28N2O4/c1-15(2)32-26(30)23-16(3)28-21-13-19(17-5-7-20(31-4)8-6-17)14-22(29)25(21)24(23)18-9-11-27-12-10-18/h5-12,15,19,24,28H,13-14H2,1-4H3. The smallest absolute Gasteiger partial charge is 0.337 e. The molecule has 0 bridgehead atoms. The van der Waals surface area contributed by atoms with Gasteiger partial charge < -0.3 is 14.8 Å². The van der Waals surface area contributed by atoms with E-state index < -0.39 is 11.9 Å². The third kappa shape index (κ3) is 4.17. The topological polar surface area (TPSA) is 77.5 Å². The number of carbonyl (C=O) groups excluding carboxylic acids is 2. The molecule has 1 aliphatic carbocycles. The molecule has 0 saturated heterocycles. The molecule has 1 aromatic heterocycles. The number of rotatable bonds is 5. The Morgan fingerprint density at radius 3 is 2.38 bits per heavy atom. The monoisotopic (exact) mass is 432 g/mol. The molecule has 2 aliphatic rings. The third-order valence-electron chi connectivity index (χ3n) is 6.02. The molecular formula is C26H28N2O4. The highest BCUT2D eigenvalue weighted by Crippen LogP contribution is 2.45. The van der Waals surface area contributed by atoms with Gasteiger partial charge in [-0.3, -0.25) is 9.78 Å². The second kappa shape index (κ2) is 8.99. The predicted molar refractivity (Wildman–Crippen MR) is 121 cm³/mol. The van der Waals surface area contributed by atoms with Crippen LogP contribution in [0.1, 0.15) is 56.6 Å². The third-order valence-corrected chi connectivity index (χ3v) is 6.02. The van der Waals surface area contributed by atoms with E-state index in [1.54, 1.807) is 19.5 Å². The molecule has 0 spiro atoms. The minimum Gasteiger partial charge on any atom is -0.497 e. The number of Topliss-reactive ketones (excluding diaryl/α,β-unsaturated/α-hetero) is 1. The van der Waals surface area contributed by atoms with Crippen molar-refractivity contribution in [2.45, 2.75) is 51.6 Å². The fourth-order valence-corrected chi connectivity index (χ4v) is 4.59. The van der Waals surface area contributed by atoms with Crippen molar-refractivity contribution >= 4 is 11.8 Å². The van der Waals surface area contributed by atoms with Crippen molar-refractivity contribution < 1.29 is 19.1 Å². The molecule has 0 amide bonds. The van der Waals surface area contributed by atoms with E-state index in [1.807, 2.05) is 57.2 Å². The van der Waals surface area contributed by atoms with Crippen LogP contribution in [0.25, 0.3) is 0 Å². The zero-order valence-corrected chi connectivity index (χ0v) is 18.8.